The summed E-state index contributed by atoms with van der Waals surface area (Å²) < 4.78 is 13.7. The van der Waals surface area contributed by atoms with Gasteiger partial charge in [-0.2, -0.15) is 0 Å². The maximum absolute atomic E-state index is 13.7. The second-order valence-corrected chi connectivity index (χ2v) is 5.75. The van der Waals surface area contributed by atoms with Gasteiger partial charge in [-0.3, -0.25) is 4.79 Å². The number of benzene rings is 2. The van der Waals surface area contributed by atoms with E-state index < -0.39 is 12.0 Å². The number of nitrogens with one attached hydrogen (secondary N) is 1. The summed E-state index contributed by atoms with van der Waals surface area (Å²) in [6.45, 7) is 0.481. The molecule has 0 saturated carbocycles. The van der Waals surface area contributed by atoms with Crippen molar-refractivity contribution in [3.05, 3.63) is 70.5 Å². The van der Waals surface area contributed by atoms with Crippen molar-refractivity contribution in [3.63, 3.8) is 0 Å². The van der Waals surface area contributed by atoms with Crippen LogP contribution in [0.4, 0.5) is 4.39 Å². The molecule has 2 N–H and O–H groups in total. The van der Waals surface area contributed by atoms with Gasteiger partial charge in [0.1, 0.15) is 11.9 Å². The number of carboxylic acid groups (broad SMARTS) is 1. The van der Waals surface area contributed by atoms with Crippen LogP contribution in [-0.2, 0) is 17.6 Å². The van der Waals surface area contributed by atoms with Gasteiger partial charge in [-0.15, -0.1) is 0 Å². The van der Waals surface area contributed by atoms with E-state index in [9.17, 15) is 14.3 Å². The Morgan fingerprint density at radius 3 is 2.57 bits per heavy atom. The monoisotopic (exact) mass is 335 g/mol. The molecule has 0 aliphatic heterocycles. The predicted octanol–water partition coefficient (Wildman–Crippen LogP) is 3.70. The molecular formula is C18H19ClFNO2. The normalized spacial score (nSPS) is 12.1. The number of halogens is 2. The molecule has 23 heavy (non-hydrogen) atoms. The number of carbonyl (C=O) groups is 1. The lowest BCUT2D eigenvalue weighted by Crippen LogP contribution is -2.39. The summed E-state index contributed by atoms with van der Waals surface area (Å²) >= 11 is 5.97. The van der Waals surface area contributed by atoms with Crippen molar-refractivity contribution in [2.24, 2.45) is 0 Å². The maximum Gasteiger partial charge on any atom is 0.321 e. The zero-order valence-electron chi connectivity index (χ0n) is 12.6. The van der Waals surface area contributed by atoms with E-state index in [2.05, 4.69) is 5.32 Å². The van der Waals surface area contributed by atoms with E-state index in [1.807, 2.05) is 30.3 Å². The Labute approximate surface area is 140 Å². The first-order valence-electron chi connectivity index (χ1n) is 7.51. The van der Waals surface area contributed by atoms with Crippen LogP contribution in [0.2, 0.25) is 5.02 Å². The molecule has 3 nitrogen and oxygen atoms in total. The average molecular weight is 336 g/mol. The van der Waals surface area contributed by atoms with Gasteiger partial charge in [0.2, 0.25) is 0 Å². The molecule has 1 atom stereocenters. The Morgan fingerprint density at radius 2 is 1.91 bits per heavy atom. The van der Waals surface area contributed by atoms with Crippen LogP contribution >= 0.6 is 11.6 Å². The molecule has 122 valence electrons. The zero-order chi connectivity index (χ0) is 16.7. The van der Waals surface area contributed by atoms with Gasteiger partial charge in [-0.1, -0.05) is 48.0 Å². The molecule has 0 aromatic heterocycles. The Balaban J connectivity index is 1.84. The Kier molecular flexibility index (Phi) is 6.56. The third kappa shape index (κ3) is 5.34. The average Bonchev–Trinajstić information content (AvgIpc) is 2.53. The topological polar surface area (TPSA) is 49.3 Å². The van der Waals surface area contributed by atoms with Crippen molar-refractivity contribution in [1.82, 2.24) is 5.32 Å². The smallest absolute Gasteiger partial charge is 0.321 e. The van der Waals surface area contributed by atoms with Crippen LogP contribution in [0, 0.1) is 5.82 Å². The van der Waals surface area contributed by atoms with Crippen LogP contribution in [-0.4, -0.2) is 23.7 Å². The van der Waals surface area contributed by atoms with Crippen LogP contribution in [0.15, 0.2) is 48.5 Å². The van der Waals surface area contributed by atoms with Crippen LogP contribution in [0.3, 0.4) is 0 Å². The first-order chi connectivity index (χ1) is 11.1. The molecule has 5 heteroatoms. The summed E-state index contributed by atoms with van der Waals surface area (Å²) in [5.41, 5.74) is 1.44. The first-order valence-corrected chi connectivity index (χ1v) is 7.88. The van der Waals surface area contributed by atoms with Gasteiger partial charge in [-0.05, 0) is 43.5 Å². The van der Waals surface area contributed by atoms with E-state index in [-0.39, 0.29) is 5.82 Å². The summed E-state index contributed by atoms with van der Waals surface area (Å²) in [5, 5.41) is 12.7. The first kappa shape index (κ1) is 17.4. The second-order valence-electron chi connectivity index (χ2n) is 5.34. The van der Waals surface area contributed by atoms with Gasteiger partial charge in [0.15, 0.2) is 0 Å². The van der Waals surface area contributed by atoms with Crippen molar-refractivity contribution < 1.29 is 14.3 Å². The number of hydrogen-bond donors (Lipinski definition) is 2. The molecule has 0 bridgehead atoms. The van der Waals surface area contributed by atoms with Gasteiger partial charge in [0.25, 0.3) is 0 Å². The van der Waals surface area contributed by atoms with E-state index in [0.717, 1.165) is 5.56 Å². The highest BCUT2D eigenvalue weighted by molar-refractivity contribution is 6.31. The maximum atomic E-state index is 13.7. The van der Waals surface area contributed by atoms with E-state index in [1.54, 1.807) is 12.1 Å². The third-order valence-electron chi connectivity index (χ3n) is 3.64. The highest BCUT2D eigenvalue weighted by Gasteiger charge is 2.17. The summed E-state index contributed by atoms with van der Waals surface area (Å²) in [6, 6.07) is 13.4. The van der Waals surface area contributed by atoms with Crippen LogP contribution in [0.25, 0.3) is 0 Å². The van der Waals surface area contributed by atoms with Crippen molar-refractivity contribution >= 4 is 17.6 Å². The van der Waals surface area contributed by atoms with E-state index >= 15 is 0 Å². The molecule has 2 aromatic carbocycles. The fourth-order valence-electron chi connectivity index (χ4n) is 2.41. The number of aliphatic carboxylic acids is 1. The number of hydrogen-bond acceptors (Lipinski definition) is 2. The molecular weight excluding hydrogens is 317 g/mol. The third-order valence-corrected chi connectivity index (χ3v) is 3.99. The van der Waals surface area contributed by atoms with Gasteiger partial charge < -0.3 is 10.4 Å². The molecule has 0 heterocycles. The number of rotatable bonds is 8. The minimum atomic E-state index is -0.891. The van der Waals surface area contributed by atoms with Crippen LogP contribution < -0.4 is 5.32 Å². The SMILES string of the molecule is O=C(O)[C@H](Cc1ccccc1)NCCCc1c(F)cccc1Cl. The van der Waals surface area contributed by atoms with Crippen molar-refractivity contribution in [3.8, 4) is 0 Å². The van der Waals surface area contributed by atoms with Gasteiger partial charge in [0.05, 0.1) is 0 Å². The molecule has 0 fully saturated rings. The van der Waals surface area contributed by atoms with Crippen molar-refractivity contribution in [1.29, 1.82) is 0 Å². The molecule has 2 aromatic rings. The molecule has 0 unspecified atom stereocenters. The van der Waals surface area contributed by atoms with Crippen molar-refractivity contribution in [2.45, 2.75) is 25.3 Å². The molecule has 0 amide bonds. The Bertz CT molecular complexity index is 628. The van der Waals surface area contributed by atoms with Crippen LogP contribution in [0.1, 0.15) is 17.5 Å². The van der Waals surface area contributed by atoms with Gasteiger partial charge in [0, 0.05) is 10.6 Å². The zero-order valence-corrected chi connectivity index (χ0v) is 13.4. The molecule has 0 radical (unpaired) electrons. The van der Waals surface area contributed by atoms with Crippen LogP contribution in [0.5, 0.6) is 0 Å². The fourth-order valence-corrected chi connectivity index (χ4v) is 2.67. The minimum Gasteiger partial charge on any atom is -0.480 e. The largest absolute Gasteiger partial charge is 0.480 e. The number of carboxylic acids is 1. The lowest BCUT2D eigenvalue weighted by molar-refractivity contribution is -0.139. The molecule has 0 aliphatic rings. The highest BCUT2D eigenvalue weighted by atomic mass is 35.5. The van der Waals surface area contributed by atoms with E-state index in [4.69, 9.17) is 11.6 Å². The summed E-state index contributed by atoms with van der Waals surface area (Å²) in [6.07, 6.45) is 1.49. The standard InChI is InChI=1S/C18H19ClFNO2/c19-15-9-4-10-16(20)14(15)8-5-11-21-17(18(22)23)12-13-6-2-1-3-7-13/h1-4,6-7,9-10,17,21H,5,8,11-12H2,(H,22,23)/t17-/m0/s1. The van der Waals surface area contributed by atoms with Crippen molar-refractivity contribution in [2.75, 3.05) is 6.54 Å². The minimum absolute atomic E-state index is 0.323. The second kappa shape index (κ2) is 8.65. The Morgan fingerprint density at radius 1 is 1.17 bits per heavy atom. The molecule has 0 saturated heterocycles. The fraction of sp³-hybridized carbons (Fsp3) is 0.278. The van der Waals surface area contributed by atoms with Gasteiger partial charge in [-0.25, -0.2) is 4.39 Å². The quantitative estimate of drug-likeness (QED) is 0.723. The highest BCUT2D eigenvalue weighted by Crippen LogP contribution is 2.20. The van der Waals surface area contributed by atoms with E-state index in [0.29, 0.717) is 36.4 Å². The lowest BCUT2D eigenvalue weighted by Gasteiger charge is -2.15. The Hall–Kier alpha value is -1.91. The van der Waals surface area contributed by atoms with E-state index in [1.165, 1.54) is 6.07 Å². The predicted molar refractivity (Wildman–Crippen MR) is 89.3 cm³/mol. The molecule has 2 rings (SSSR count). The molecule has 0 aliphatic carbocycles. The molecule has 0 spiro atoms. The summed E-state index contributed by atoms with van der Waals surface area (Å²) in [7, 11) is 0. The summed E-state index contributed by atoms with van der Waals surface area (Å²) in [5.74, 6) is -1.21. The lowest BCUT2D eigenvalue weighted by atomic mass is 10.1. The van der Waals surface area contributed by atoms with Gasteiger partial charge >= 0.3 is 5.97 Å². The summed E-state index contributed by atoms with van der Waals surface area (Å²) in [4.78, 5) is 11.3.